The topological polar surface area (TPSA) is 52.7 Å². The smallest absolute Gasteiger partial charge is 0.223 e. The van der Waals surface area contributed by atoms with Crippen LogP contribution in [0.25, 0.3) is 0 Å². The summed E-state index contributed by atoms with van der Waals surface area (Å²) in [4.78, 5) is 28.2. The molecule has 2 aliphatic heterocycles. The lowest BCUT2D eigenvalue weighted by Gasteiger charge is -2.33. The van der Waals surface area contributed by atoms with Gasteiger partial charge in [0.15, 0.2) is 0 Å². The maximum absolute atomic E-state index is 12.3. The van der Waals surface area contributed by atoms with Gasteiger partial charge < -0.3 is 10.2 Å². The number of nitrogens with zero attached hydrogens (tertiary/aromatic N) is 2. The molecule has 0 spiro atoms. The van der Waals surface area contributed by atoms with Gasteiger partial charge in [0.2, 0.25) is 11.8 Å². The van der Waals surface area contributed by atoms with Crippen LogP contribution < -0.4 is 5.32 Å². The van der Waals surface area contributed by atoms with Crippen molar-refractivity contribution in [2.75, 3.05) is 33.2 Å². The summed E-state index contributed by atoms with van der Waals surface area (Å²) < 4.78 is 0. The Morgan fingerprint density at radius 2 is 1.92 bits per heavy atom. The number of piperidine rings is 2. The molecule has 1 N–H and O–H groups in total. The molecule has 0 saturated carbocycles. The van der Waals surface area contributed by atoms with Crippen LogP contribution in [0.3, 0.4) is 0 Å². The number of likely N-dealkylation sites (tertiary alicyclic amines) is 2. The zero-order valence-electron chi connectivity index (χ0n) is 15.4. The van der Waals surface area contributed by atoms with E-state index in [0.29, 0.717) is 18.9 Å². The molecular formula is C20H28ClN3O2. The number of hydrogen-bond donors (Lipinski definition) is 1. The minimum Gasteiger partial charge on any atom is -0.356 e. The van der Waals surface area contributed by atoms with Gasteiger partial charge in [0.1, 0.15) is 0 Å². The lowest BCUT2D eigenvalue weighted by atomic mass is 9.93. The maximum atomic E-state index is 12.3. The number of hydrogen-bond acceptors (Lipinski definition) is 3. The van der Waals surface area contributed by atoms with Gasteiger partial charge in [-0.15, -0.1) is 0 Å². The van der Waals surface area contributed by atoms with E-state index in [9.17, 15) is 9.59 Å². The molecule has 3 rings (SSSR count). The first-order chi connectivity index (χ1) is 12.5. The van der Waals surface area contributed by atoms with Crippen LogP contribution in [0.2, 0.25) is 5.02 Å². The number of rotatable bonds is 5. The SMILES string of the molecule is CN1CCC(C(=O)NCC2CCN(Cc3ccccc3Cl)CC2)CC1=O. The minimum atomic E-state index is -0.154. The Kier molecular flexibility index (Phi) is 6.54. The molecule has 2 fully saturated rings. The zero-order chi connectivity index (χ0) is 18.5. The van der Waals surface area contributed by atoms with Crippen molar-refractivity contribution in [3.8, 4) is 0 Å². The summed E-state index contributed by atoms with van der Waals surface area (Å²) >= 11 is 6.25. The maximum Gasteiger partial charge on any atom is 0.223 e. The standard InChI is InChI=1S/C20H28ClN3O2/c1-23-9-8-16(12-19(23)25)20(26)22-13-15-6-10-24(11-7-15)14-17-4-2-3-5-18(17)21/h2-5,15-16H,6-14H2,1H3,(H,22,26). The predicted molar refractivity (Wildman–Crippen MR) is 103 cm³/mol. The molecule has 1 aromatic rings. The summed E-state index contributed by atoms with van der Waals surface area (Å²) in [6.07, 6.45) is 3.27. The van der Waals surface area contributed by atoms with Crippen LogP contribution in [0.5, 0.6) is 0 Å². The zero-order valence-corrected chi connectivity index (χ0v) is 16.2. The molecule has 0 radical (unpaired) electrons. The molecule has 2 heterocycles. The third kappa shape index (κ3) is 4.98. The van der Waals surface area contributed by atoms with Crippen molar-refractivity contribution in [2.24, 2.45) is 11.8 Å². The van der Waals surface area contributed by atoms with Crippen LogP contribution in [0.1, 0.15) is 31.2 Å². The van der Waals surface area contributed by atoms with Crippen molar-refractivity contribution in [2.45, 2.75) is 32.2 Å². The van der Waals surface area contributed by atoms with Crippen LogP contribution >= 0.6 is 11.6 Å². The van der Waals surface area contributed by atoms with Crippen LogP contribution in [0, 0.1) is 11.8 Å². The Bertz CT molecular complexity index is 644. The Morgan fingerprint density at radius 3 is 2.62 bits per heavy atom. The van der Waals surface area contributed by atoms with Gasteiger partial charge in [-0.05, 0) is 49.9 Å². The van der Waals surface area contributed by atoms with E-state index < -0.39 is 0 Å². The highest BCUT2D eigenvalue weighted by atomic mass is 35.5. The molecule has 0 bridgehead atoms. The molecule has 2 saturated heterocycles. The van der Waals surface area contributed by atoms with Gasteiger partial charge in [-0.25, -0.2) is 0 Å². The lowest BCUT2D eigenvalue weighted by Crippen LogP contribution is -2.44. The van der Waals surface area contributed by atoms with Crippen LogP contribution in [-0.2, 0) is 16.1 Å². The van der Waals surface area contributed by atoms with Crippen molar-refractivity contribution >= 4 is 23.4 Å². The summed E-state index contributed by atoms with van der Waals surface area (Å²) in [6.45, 7) is 4.34. The normalized spacial score (nSPS) is 22.5. The van der Waals surface area contributed by atoms with E-state index in [0.717, 1.165) is 50.5 Å². The fraction of sp³-hybridized carbons (Fsp3) is 0.600. The highest BCUT2D eigenvalue weighted by Crippen LogP contribution is 2.22. The fourth-order valence-corrected chi connectivity index (χ4v) is 3.97. The van der Waals surface area contributed by atoms with E-state index in [-0.39, 0.29) is 17.7 Å². The third-order valence-electron chi connectivity index (χ3n) is 5.65. The third-order valence-corrected chi connectivity index (χ3v) is 6.02. The Labute approximate surface area is 160 Å². The average molecular weight is 378 g/mol. The van der Waals surface area contributed by atoms with Gasteiger partial charge in [0.25, 0.3) is 0 Å². The van der Waals surface area contributed by atoms with Crippen molar-refractivity contribution < 1.29 is 9.59 Å². The molecular weight excluding hydrogens is 350 g/mol. The summed E-state index contributed by atoms with van der Waals surface area (Å²) in [6, 6.07) is 8.00. The largest absolute Gasteiger partial charge is 0.356 e. The van der Waals surface area contributed by atoms with E-state index in [1.54, 1.807) is 11.9 Å². The number of amides is 2. The molecule has 5 nitrogen and oxygen atoms in total. The molecule has 26 heavy (non-hydrogen) atoms. The molecule has 1 unspecified atom stereocenters. The van der Waals surface area contributed by atoms with E-state index in [1.165, 1.54) is 5.56 Å². The first-order valence-electron chi connectivity index (χ1n) is 9.50. The van der Waals surface area contributed by atoms with Crippen LogP contribution in [0.4, 0.5) is 0 Å². The molecule has 2 amide bonds. The monoisotopic (exact) mass is 377 g/mol. The quantitative estimate of drug-likeness (QED) is 0.857. The molecule has 142 valence electrons. The van der Waals surface area contributed by atoms with Crippen LogP contribution in [-0.4, -0.2) is 54.8 Å². The molecule has 1 aromatic carbocycles. The first kappa shape index (κ1) is 19.2. The second kappa shape index (κ2) is 8.87. The Morgan fingerprint density at radius 1 is 1.19 bits per heavy atom. The van der Waals surface area contributed by atoms with E-state index in [1.807, 2.05) is 18.2 Å². The highest BCUT2D eigenvalue weighted by Gasteiger charge is 2.29. The minimum absolute atomic E-state index is 0.0462. The molecule has 1 atom stereocenters. The molecule has 2 aliphatic rings. The summed E-state index contributed by atoms with van der Waals surface area (Å²) in [7, 11) is 1.80. The lowest BCUT2D eigenvalue weighted by molar-refractivity contribution is -0.139. The van der Waals surface area contributed by atoms with Crippen molar-refractivity contribution in [3.05, 3.63) is 34.9 Å². The number of benzene rings is 1. The highest BCUT2D eigenvalue weighted by molar-refractivity contribution is 6.31. The van der Waals surface area contributed by atoms with Gasteiger partial charge in [-0.2, -0.15) is 0 Å². The number of carbonyl (C=O) groups excluding carboxylic acids is 2. The number of nitrogens with one attached hydrogen (secondary N) is 1. The average Bonchev–Trinajstić information content (AvgIpc) is 2.65. The summed E-state index contributed by atoms with van der Waals surface area (Å²) in [5.41, 5.74) is 1.17. The van der Waals surface area contributed by atoms with E-state index >= 15 is 0 Å². The molecule has 0 aliphatic carbocycles. The number of carbonyl (C=O) groups is 2. The second-order valence-corrected chi connectivity index (χ2v) is 7.97. The van der Waals surface area contributed by atoms with Gasteiger partial charge >= 0.3 is 0 Å². The van der Waals surface area contributed by atoms with E-state index in [4.69, 9.17) is 11.6 Å². The van der Waals surface area contributed by atoms with Gasteiger partial charge in [-0.3, -0.25) is 14.5 Å². The van der Waals surface area contributed by atoms with Gasteiger partial charge in [-0.1, -0.05) is 29.8 Å². The van der Waals surface area contributed by atoms with Gasteiger partial charge in [0.05, 0.1) is 0 Å². The summed E-state index contributed by atoms with van der Waals surface area (Å²) in [5.74, 6) is 0.483. The Hall–Kier alpha value is -1.59. The Balaban J connectivity index is 1.38. The second-order valence-electron chi connectivity index (χ2n) is 7.56. The predicted octanol–water partition coefficient (Wildman–Crippen LogP) is 2.54. The van der Waals surface area contributed by atoms with Gasteiger partial charge in [0, 0.05) is 44.0 Å². The van der Waals surface area contributed by atoms with Crippen LogP contribution in [0.15, 0.2) is 24.3 Å². The fourth-order valence-electron chi connectivity index (χ4n) is 3.77. The van der Waals surface area contributed by atoms with Crippen molar-refractivity contribution in [3.63, 3.8) is 0 Å². The van der Waals surface area contributed by atoms with Crippen molar-refractivity contribution in [1.29, 1.82) is 0 Å². The number of halogens is 1. The van der Waals surface area contributed by atoms with Crippen molar-refractivity contribution in [1.82, 2.24) is 15.1 Å². The molecule has 6 heteroatoms. The molecule has 0 aromatic heterocycles. The summed E-state index contributed by atoms with van der Waals surface area (Å²) in [5, 5.41) is 3.91. The first-order valence-corrected chi connectivity index (χ1v) is 9.88. The van der Waals surface area contributed by atoms with E-state index in [2.05, 4.69) is 16.3 Å².